The van der Waals surface area contributed by atoms with Crippen molar-refractivity contribution in [2.45, 2.75) is 33.6 Å². The molecule has 1 heterocycles. The van der Waals surface area contributed by atoms with Gasteiger partial charge in [0, 0.05) is 12.1 Å². The Morgan fingerprint density at radius 3 is 2.60 bits per heavy atom. The fourth-order valence-electron chi connectivity index (χ4n) is 2.25. The Hall–Kier alpha value is -2.17. The SMILES string of the molecule is CC1=NN(c2ccc(C)c(C)c2)C(=O)C1CCC(=O)O. The Morgan fingerprint density at radius 1 is 1.30 bits per heavy atom. The number of rotatable bonds is 4. The third-order valence-corrected chi connectivity index (χ3v) is 3.65. The van der Waals surface area contributed by atoms with Crippen LogP contribution in [0.5, 0.6) is 0 Å². The van der Waals surface area contributed by atoms with E-state index in [1.807, 2.05) is 32.0 Å². The Labute approximate surface area is 117 Å². The Kier molecular flexibility index (Phi) is 3.88. The van der Waals surface area contributed by atoms with Crippen LogP contribution >= 0.6 is 0 Å². The lowest BCUT2D eigenvalue weighted by atomic mass is 9.98. The number of hydrogen-bond acceptors (Lipinski definition) is 3. The van der Waals surface area contributed by atoms with Crippen molar-refractivity contribution in [1.29, 1.82) is 0 Å². The zero-order chi connectivity index (χ0) is 14.9. The molecule has 1 aliphatic heterocycles. The molecule has 0 radical (unpaired) electrons. The quantitative estimate of drug-likeness (QED) is 0.917. The molecule has 1 aromatic rings. The Bertz CT molecular complexity index is 593. The number of nitrogens with zero attached hydrogens (tertiary/aromatic N) is 2. The molecule has 0 aliphatic carbocycles. The molecule has 1 N–H and O–H groups in total. The number of carbonyl (C=O) groups excluding carboxylic acids is 1. The lowest BCUT2D eigenvalue weighted by Gasteiger charge is -2.15. The van der Waals surface area contributed by atoms with Gasteiger partial charge in [-0.05, 0) is 50.5 Å². The second-order valence-corrected chi connectivity index (χ2v) is 5.14. The molecule has 1 unspecified atom stereocenters. The van der Waals surface area contributed by atoms with Gasteiger partial charge in [-0.15, -0.1) is 0 Å². The minimum Gasteiger partial charge on any atom is -0.481 e. The topological polar surface area (TPSA) is 70.0 Å². The van der Waals surface area contributed by atoms with Gasteiger partial charge in [0.15, 0.2) is 0 Å². The van der Waals surface area contributed by atoms with Crippen molar-refractivity contribution in [1.82, 2.24) is 0 Å². The minimum absolute atomic E-state index is 0.0238. The average molecular weight is 274 g/mol. The summed E-state index contributed by atoms with van der Waals surface area (Å²) in [6.07, 6.45) is 0.273. The molecule has 0 saturated heterocycles. The molecule has 0 fully saturated rings. The first-order valence-corrected chi connectivity index (χ1v) is 6.58. The summed E-state index contributed by atoms with van der Waals surface area (Å²) in [4.78, 5) is 23.0. The Morgan fingerprint density at radius 2 is 2.00 bits per heavy atom. The highest BCUT2D eigenvalue weighted by Gasteiger charge is 2.34. The van der Waals surface area contributed by atoms with Gasteiger partial charge < -0.3 is 5.11 Å². The van der Waals surface area contributed by atoms with Crippen LogP contribution in [0.4, 0.5) is 5.69 Å². The number of anilines is 1. The first-order valence-electron chi connectivity index (χ1n) is 6.58. The molecule has 20 heavy (non-hydrogen) atoms. The number of carboxylic acids is 1. The van der Waals surface area contributed by atoms with Gasteiger partial charge in [0.1, 0.15) is 0 Å². The molecule has 1 aliphatic rings. The van der Waals surface area contributed by atoms with Crippen molar-refractivity contribution in [2.75, 3.05) is 5.01 Å². The summed E-state index contributed by atoms with van der Waals surface area (Å²) < 4.78 is 0. The van der Waals surface area contributed by atoms with Gasteiger partial charge in [-0.1, -0.05) is 6.07 Å². The van der Waals surface area contributed by atoms with Crippen LogP contribution in [0.2, 0.25) is 0 Å². The zero-order valence-electron chi connectivity index (χ0n) is 11.9. The maximum atomic E-state index is 12.3. The highest BCUT2D eigenvalue weighted by molar-refractivity contribution is 6.14. The number of benzene rings is 1. The number of carboxylic acid groups (broad SMARTS) is 1. The summed E-state index contributed by atoms with van der Waals surface area (Å²) >= 11 is 0. The largest absolute Gasteiger partial charge is 0.481 e. The summed E-state index contributed by atoms with van der Waals surface area (Å²) in [5, 5.41) is 14.4. The molecule has 5 heteroatoms. The van der Waals surface area contributed by atoms with E-state index < -0.39 is 11.9 Å². The van der Waals surface area contributed by atoms with Crippen molar-refractivity contribution in [3.63, 3.8) is 0 Å². The summed E-state index contributed by atoms with van der Waals surface area (Å²) in [5.41, 5.74) is 3.66. The standard InChI is InChI=1S/C15H18N2O3/c1-9-4-5-12(8-10(9)2)17-15(20)13(11(3)16-17)6-7-14(18)19/h4-5,8,13H,6-7H2,1-3H3,(H,18,19). The number of hydrogen-bond donors (Lipinski definition) is 1. The number of aliphatic carboxylic acids is 1. The van der Waals surface area contributed by atoms with Gasteiger partial charge in [0.2, 0.25) is 0 Å². The van der Waals surface area contributed by atoms with Crippen LogP contribution in [0.15, 0.2) is 23.3 Å². The van der Waals surface area contributed by atoms with Gasteiger partial charge in [-0.2, -0.15) is 5.10 Å². The maximum absolute atomic E-state index is 12.3. The first kappa shape index (κ1) is 14.2. The van der Waals surface area contributed by atoms with E-state index in [4.69, 9.17) is 5.11 Å². The second kappa shape index (κ2) is 5.45. The van der Waals surface area contributed by atoms with E-state index in [0.717, 1.165) is 16.8 Å². The third kappa shape index (κ3) is 2.71. The molecule has 1 atom stereocenters. The summed E-state index contributed by atoms with van der Waals surface area (Å²) in [6, 6.07) is 5.73. The molecule has 2 rings (SSSR count). The normalized spacial score (nSPS) is 18.4. The molecule has 0 aromatic heterocycles. The molecule has 106 valence electrons. The van der Waals surface area contributed by atoms with Crippen LogP contribution in [0, 0.1) is 19.8 Å². The van der Waals surface area contributed by atoms with Gasteiger partial charge in [0.05, 0.1) is 11.6 Å². The number of carbonyl (C=O) groups is 2. The van der Waals surface area contributed by atoms with Crippen LogP contribution in [0.3, 0.4) is 0 Å². The predicted molar refractivity (Wildman–Crippen MR) is 76.9 cm³/mol. The van der Waals surface area contributed by atoms with E-state index in [9.17, 15) is 9.59 Å². The van der Waals surface area contributed by atoms with Crippen molar-refractivity contribution < 1.29 is 14.7 Å². The third-order valence-electron chi connectivity index (χ3n) is 3.65. The molecule has 5 nitrogen and oxygen atoms in total. The number of hydrazone groups is 1. The van der Waals surface area contributed by atoms with E-state index >= 15 is 0 Å². The van der Waals surface area contributed by atoms with E-state index in [2.05, 4.69) is 5.10 Å². The van der Waals surface area contributed by atoms with Crippen LogP contribution in [0.1, 0.15) is 30.9 Å². The molecule has 1 amide bonds. The molecule has 0 saturated carbocycles. The van der Waals surface area contributed by atoms with E-state index in [1.165, 1.54) is 5.01 Å². The van der Waals surface area contributed by atoms with E-state index in [0.29, 0.717) is 12.1 Å². The first-order chi connectivity index (χ1) is 9.40. The Balaban J connectivity index is 2.20. The van der Waals surface area contributed by atoms with Gasteiger partial charge in [0.25, 0.3) is 5.91 Å². The van der Waals surface area contributed by atoms with Gasteiger partial charge in [-0.3, -0.25) is 9.59 Å². The number of aryl methyl sites for hydroxylation is 2. The lowest BCUT2D eigenvalue weighted by Crippen LogP contribution is -2.27. The molecule has 1 aromatic carbocycles. The fraction of sp³-hybridized carbons (Fsp3) is 0.400. The highest BCUT2D eigenvalue weighted by atomic mass is 16.4. The van der Waals surface area contributed by atoms with Crippen molar-refractivity contribution in [2.24, 2.45) is 11.0 Å². The maximum Gasteiger partial charge on any atom is 0.303 e. The summed E-state index contributed by atoms with van der Waals surface area (Å²) in [7, 11) is 0. The van der Waals surface area contributed by atoms with Crippen molar-refractivity contribution in [3.8, 4) is 0 Å². The highest BCUT2D eigenvalue weighted by Crippen LogP contribution is 2.27. The summed E-state index contributed by atoms with van der Waals surface area (Å²) in [5.74, 6) is -1.46. The van der Waals surface area contributed by atoms with Gasteiger partial charge >= 0.3 is 5.97 Å². The zero-order valence-corrected chi connectivity index (χ0v) is 11.9. The fourth-order valence-corrected chi connectivity index (χ4v) is 2.25. The summed E-state index contributed by atoms with van der Waals surface area (Å²) in [6.45, 7) is 5.76. The van der Waals surface area contributed by atoms with Crippen LogP contribution in [-0.2, 0) is 9.59 Å². The number of amides is 1. The van der Waals surface area contributed by atoms with Crippen LogP contribution < -0.4 is 5.01 Å². The van der Waals surface area contributed by atoms with Crippen LogP contribution in [-0.4, -0.2) is 22.7 Å². The van der Waals surface area contributed by atoms with E-state index in [1.54, 1.807) is 6.92 Å². The monoisotopic (exact) mass is 274 g/mol. The van der Waals surface area contributed by atoms with E-state index in [-0.39, 0.29) is 12.3 Å². The molecular weight excluding hydrogens is 256 g/mol. The minimum atomic E-state index is -0.893. The lowest BCUT2D eigenvalue weighted by molar-refractivity contribution is -0.137. The molecular formula is C15H18N2O3. The second-order valence-electron chi connectivity index (χ2n) is 5.14. The van der Waals surface area contributed by atoms with Crippen LogP contribution in [0.25, 0.3) is 0 Å². The molecule has 0 spiro atoms. The average Bonchev–Trinajstić information content (AvgIpc) is 2.66. The van der Waals surface area contributed by atoms with Gasteiger partial charge in [-0.25, -0.2) is 5.01 Å². The van der Waals surface area contributed by atoms with Crippen molar-refractivity contribution in [3.05, 3.63) is 29.3 Å². The molecule has 0 bridgehead atoms. The smallest absolute Gasteiger partial charge is 0.303 e. The van der Waals surface area contributed by atoms with Crippen molar-refractivity contribution >= 4 is 23.3 Å². The predicted octanol–water partition coefficient (Wildman–Crippen LogP) is 2.51.